The highest BCUT2D eigenvalue weighted by atomic mass is 32.1. The molecule has 2 aromatic rings. The van der Waals surface area contributed by atoms with Crippen LogP contribution in [-0.2, 0) is 11.2 Å². The third-order valence-corrected chi connectivity index (χ3v) is 4.12. The van der Waals surface area contributed by atoms with Gasteiger partial charge < -0.3 is 0 Å². The topological polar surface area (TPSA) is 54.9 Å². The van der Waals surface area contributed by atoms with E-state index in [0.29, 0.717) is 10.7 Å². The van der Waals surface area contributed by atoms with Gasteiger partial charge in [0.2, 0.25) is 5.13 Å². The van der Waals surface area contributed by atoms with E-state index in [-0.39, 0.29) is 5.91 Å². The fourth-order valence-electron chi connectivity index (χ4n) is 1.99. The predicted molar refractivity (Wildman–Crippen MR) is 91.9 cm³/mol. The standard InChI is InChI=1S/C17H21N3OS/c1-3-4-6-11-15-19-20-17(22-15)18-16(21)13(2)12-14-9-7-5-8-10-14/h5,7-10,12H,3-4,6,11H2,1-2H3,(H,18,20,21)/b13-12+. The number of hydrogen-bond donors (Lipinski definition) is 1. The number of aryl methyl sites for hydroxylation is 1. The van der Waals surface area contributed by atoms with Crippen molar-refractivity contribution in [3.8, 4) is 0 Å². The molecule has 4 nitrogen and oxygen atoms in total. The first-order valence-corrected chi connectivity index (χ1v) is 8.37. The second kappa shape index (κ2) is 8.44. The molecule has 0 unspecified atom stereocenters. The van der Waals surface area contributed by atoms with Gasteiger partial charge in [-0.25, -0.2) is 0 Å². The van der Waals surface area contributed by atoms with Crippen LogP contribution in [0.1, 0.15) is 43.7 Å². The largest absolute Gasteiger partial charge is 0.297 e. The molecule has 22 heavy (non-hydrogen) atoms. The lowest BCUT2D eigenvalue weighted by Crippen LogP contribution is -2.12. The zero-order chi connectivity index (χ0) is 15.8. The highest BCUT2D eigenvalue weighted by Crippen LogP contribution is 2.18. The van der Waals surface area contributed by atoms with E-state index in [1.807, 2.05) is 36.4 Å². The van der Waals surface area contributed by atoms with Crippen molar-refractivity contribution >= 4 is 28.5 Å². The number of nitrogens with zero attached hydrogens (tertiary/aromatic N) is 2. The Kier molecular flexibility index (Phi) is 6.27. The van der Waals surface area contributed by atoms with E-state index in [4.69, 9.17) is 0 Å². The molecule has 1 amide bonds. The summed E-state index contributed by atoms with van der Waals surface area (Å²) in [6.07, 6.45) is 6.29. The van der Waals surface area contributed by atoms with E-state index < -0.39 is 0 Å². The third kappa shape index (κ3) is 5.07. The Morgan fingerprint density at radius 2 is 2.00 bits per heavy atom. The van der Waals surface area contributed by atoms with Gasteiger partial charge in [0.1, 0.15) is 5.01 Å². The lowest BCUT2D eigenvalue weighted by atomic mass is 10.1. The zero-order valence-electron chi connectivity index (χ0n) is 13.0. The number of hydrogen-bond acceptors (Lipinski definition) is 4. The van der Waals surface area contributed by atoms with Crippen molar-refractivity contribution in [1.82, 2.24) is 10.2 Å². The van der Waals surface area contributed by atoms with Gasteiger partial charge in [0.25, 0.3) is 5.91 Å². The lowest BCUT2D eigenvalue weighted by molar-refractivity contribution is -0.112. The second-order valence-corrected chi connectivity index (χ2v) is 6.21. The normalized spacial score (nSPS) is 11.5. The Hall–Kier alpha value is -2.01. The molecule has 0 aliphatic carbocycles. The van der Waals surface area contributed by atoms with Gasteiger partial charge >= 0.3 is 0 Å². The maximum Gasteiger partial charge on any atom is 0.253 e. The van der Waals surface area contributed by atoms with Crippen LogP contribution in [0.5, 0.6) is 0 Å². The number of carbonyl (C=O) groups is 1. The molecule has 1 aromatic carbocycles. The quantitative estimate of drug-likeness (QED) is 0.612. The average molecular weight is 315 g/mol. The smallest absolute Gasteiger partial charge is 0.253 e. The van der Waals surface area contributed by atoms with Crippen molar-refractivity contribution in [2.75, 3.05) is 5.32 Å². The monoisotopic (exact) mass is 315 g/mol. The number of unbranched alkanes of at least 4 members (excludes halogenated alkanes) is 2. The molecule has 0 fully saturated rings. The van der Waals surface area contributed by atoms with Crippen LogP contribution >= 0.6 is 11.3 Å². The third-order valence-electron chi connectivity index (χ3n) is 3.22. The fraction of sp³-hybridized carbons (Fsp3) is 0.353. The molecule has 0 aliphatic rings. The average Bonchev–Trinajstić information content (AvgIpc) is 2.96. The van der Waals surface area contributed by atoms with Crippen molar-refractivity contribution in [3.63, 3.8) is 0 Å². The van der Waals surface area contributed by atoms with Crippen LogP contribution in [0.15, 0.2) is 35.9 Å². The molecule has 0 saturated heterocycles. The van der Waals surface area contributed by atoms with E-state index in [0.717, 1.165) is 23.4 Å². The molecular formula is C17H21N3OS. The Bertz CT molecular complexity index is 634. The molecule has 0 bridgehead atoms. The highest BCUT2D eigenvalue weighted by Gasteiger charge is 2.09. The summed E-state index contributed by atoms with van der Waals surface area (Å²) in [6.45, 7) is 3.97. The summed E-state index contributed by atoms with van der Waals surface area (Å²) in [6, 6.07) is 9.78. The second-order valence-electron chi connectivity index (χ2n) is 5.15. The number of carbonyl (C=O) groups excluding carboxylic acids is 1. The summed E-state index contributed by atoms with van der Waals surface area (Å²) in [5.74, 6) is -0.139. The maximum absolute atomic E-state index is 12.1. The van der Waals surface area contributed by atoms with Crippen molar-refractivity contribution < 1.29 is 4.79 Å². The van der Waals surface area contributed by atoms with Crippen molar-refractivity contribution in [1.29, 1.82) is 0 Å². The van der Waals surface area contributed by atoms with E-state index in [1.54, 1.807) is 6.92 Å². The van der Waals surface area contributed by atoms with Crippen LogP contribution in [0.25, 0.3) is 6.08 Å². The first-order chi connectivity index (χ1) is 10.7. The zero-order valence-corrected chi connectivity index (χ0v) is 13.8. The molecule has 5 heteroatoms. The van der Waals surface area contributed by atoms with Crippen LogP contribution in [0, 0.1) is 0 Å². The molecule has 0 atom stereocenters. The highest BCUT2D eigenvalue weighted by molar-refractivity contribution is 7.15. The van der Waals surface area contributed by atoms with Gasteiger partial charge in [0, 0.05) is 12.0 Å². The number of aromatic nitrogens is 2. The first kappa shape index (κ1) is 16.4. The Balaban J connectivity index is 1.92. The number of anilines is 1. The molecule has 1 N–H and O–H groups in total. The molecule has 0 radical (unpaired) electrons. The van der Waals surface area contributed by atoms with Gasteiger partial charge in [0.05, 0.1) is 0 Å². The van der Waals surface area contributed by atoms with E-state index in [9.17, 15) is 4.79 Å². The van der Waals surface area contributed by atoms with Gasteiger partial charge in [-0.15, -0.1) is 10.2 Å². The van der Waals surface area contributed by atoms with Gasteiger partial charge in [-0.05, 0) is 25.0 Å². The van der Waals surface area contributed by atoms with Crippen molar-refractivity contribution in [2.24, 2.45) is 0 Å². The van der Waals surface area contributed by atoms with E-state index in [1.165, 1.54) is 24.2 Å². The number of rotatable bonds is 7. The van der Waals surface area contributed by atoms with Crippen LogP contribution in [0.3, 0.4) is 0 Å². The number of benzene rings is 1. The molecule has 1 aromatic heterocycles. The molecule has 0 spiro atoms. The van der Waals surface area contributed by atoms with Gasteiger partial charge in [0.15, 0.2) is 0 Å². The predicted octanol–water partition coefficient (Wildman–Crippen LogP) is 4.31. The molecule has 116 valence electrons. The Morgan fingerprint density at radius 1 is 1.23 bits per heavy atom. The van der Waals surface area contributed by atoms with Gasteiger partial charge in [-0.1, -0.05) is 61.4 Å². The summed E-state index contributed by atoms with van der Waals surface area (Å²) in [5.41, 5.74) is 1.65. The molecule has 0 aliphatic heterocycles. The molecule has 1 heterocycles. The van der Waals surface area contributed by atoms with Crippen LogP contribution in [-0.4, -0.2) is 16.1 Å². The fourth-order valence-corrected chi connectivity index (χ4v) is 2.77. The summed E-state index contributed by atoms with van der Waals surface area (Å²) in [4.78, 5) is 12.1. The molecule has 0 saturated carbocycles. The molecular weight excluding hydrogens is 294 g/mol. The van der Waals surface area contributed by atoms with Gasteiger partial charge in [-0.3, -0.25) is 10.1 Å². The van der Waals surface area contributed by atoms with Crippen molar-refractivity contribution in [2.45, 2.75) is 39.5 Å². The maximum atomic E-state index is 12.1. The lowest BCUT2D eigenvalue weighted by Gasteiger charge is -2.01. The summed E-state index contributed by atoms with van der Waals surface area (Å²) in [5, 5.41) is 12.5. The summed E-state index contributed by atoms with van der Waals surface area (Å²) >= 11 is 1.45. The summed E-state index contributed by atoms with van der Waals surface area (Å²) < 4.78 is 0. The van der Waals surface area contributed by atoms with Crippen LogP contribution in [0.4, 0.5) is 5.13 Å². The van der Waals surface area contributed by atoms with Crippen LogP contribution < -0.4 is 5.32 Å². The van der Waals surface area contributed by atoms with E-state index in [2.05, 4.69) is 22.4 Å². The number of amides is 1. The Morgan fingerprint density at radius 3 is 2.73 bits per heavy atom. The van der Waals surface area contributed by atoms with Crippen LogP contribution in [0.2, 0.25) is 0 Å². The van der Waals surface area contributed by atoms with E-state index >= 15 is 0 Å². The minimum absolute atomic E-state index is 0.139. The SMILES string of the molecule is CCCCCc1nnc(NC(=O)/C(C)=C/c2ccccc2)s1. The minimum Gasteiger partial charge on any atom is -0.297 e. The molecule has 2 rings (SSSR count). The minimum atomic E-state index is -0.139. The van der Waals surface area contributed by atoms with Gasteiger partial charge in [-0.2, -0.15) is 0 Å². The Labute approximate surface area is 135 Å². The first-order valence-electron chi connectivity index (χ1n) is 7.56. The van der Waals surface area contributed by atoms with Crippen molar-refractivity contribution in [3.05, 3.63) is 46.5 Å². The number of nitrogens with one attached hydrogen (secondary N) is 1. The summed E-state index contributed by atoms with van der Waals surface area (Å²) in [7, 11) is 0.